The Bertz CT molecular complexity index is 808. The van der Waals surface area contributed by atoms with Crippen molar-refractivity contribution < 1.29 is 13.2 Å². The minimum absolute atomic E-state index is 0.137. The Kier molecular flexibility index (Phi) is 6.36. The van der Waals surface area contributed by atoms with E-state index in [0.29, 0.717) is 5.69 Å². The summed E-state index contributed by atoms with van der Waals surface area (Å²) in [5.74, 6) is -0.585. The summed E-state index contributed by atoms with van der Waals surface area (Å²) in [7, 11) is -3.76. The third-order valence-electron chi connectivity index (χ3n) is 3.38. The van der Waals surface area contributed by atoms with Crippen molar-refractivity contribution in [2.75, 3.05) is 5.32 Å². The molecule has 2 aromatic carbocycles. The van der Waals surface area contributed by atoms with Crippen LogP contribution in [0.5, 0.6) is 0 Å². The summed E-state index contributed by atoms with van der Waals surface area (Å²) < 4.78 is 28.4. The smallest absolute Gasteiger partial charge is 0.242 e. The molecule has 0 unspecified atom stereocenters. The molecule has 0 fully saturated rings. The van der Waals surface area contributed by atoms with E-state index in [4.69, 9.17) is 0 Å². The van der Waals surface area contributed by atoms with Gasteiger partial charge in [-0.05, 0) is 58.8 Å². The Hall–Kier alpha value is -1.45. The van der Waals surface area contributed by atoms with E-state index in [2.05, 4.69) is 32.6 Å². The van der Waals surface area contributed by atoms with Crippen molar-refractivity contribution in [3.8, 4) is 0 Å². The molecule has 5 nitrogen and oxygen atoms in total. The number of hydrogen-bond donors (Lipinski definition) is 2. The van der Waals surface area contributed by atoms with Crippen LogP contribution in [0.1, 0.15) is 13.8 Å². The topological polar surface area (TPSA) is 75.3 Å². The van der Waals surface area contributed by atoms with E-state index in [9.17, 15) is 13.2 Å². The summed E-state index contributed by atoms with van der Waals surface area (Å²) in [5.41, 5.74) is 0.636. The zero-order valence-corrected chi connectivity index (χ0v) is 16.3. The fraction of sp³-hybridized carbons (Fsp3) is 0.235. The SMILES string of the molecule is CC(C)[C@@H](NS(=O)(=O)c1ccccc1)C(=O)Nc1cccc(I)c1. The van der Waals surface area contributed by atoms with E-state index in [1.54, 1.807) is 38.1 Å². The molecule has 0 aliphatic rings. The van der Waals surface area contributed by atoms with Gasteiger partial charge in [-0.2, -0.15) is 4.72 Å². The maximum Gasteiger partial charge on any atom is 0.242 e. The molecule has 0 heterocycles. The monoisotopic (exact) mass is 458 g/mol. The Morgan fingerprint density at radius 3 is 2.29 bits per heavy atom. The molecule has 128 valence electrons. The third-order valence-corrected chi connectivity index (χ3v) is 5.50. The van der Waals surface area contributed by atoms with Gasteiger partial charge >= 0.3 is 0 Å². The van der Waals surface area contributed by atoms with Crippen molar-refractivity contribution in [3.63, 3.8) is 0 Å². The number of anilines is 1. The Morgan fingerprint density at radius 1 is 1.04 bits per heavy atom. The first-order valence-corrected chi connectivity index (χ1v) is 9.99. The predicted molar refractivity (Wildman–Crippen MR) is 103 cm³/mol. The first-order valence-electron chi connectivity index (χ1n) is 7.43. The van der Waals surface area contributed by atoms with Gasteiger partial charge < -0.3 is 5.32 Å². The second-order valence-corrected chi connectivity index (χ2v) is 8.62. The molecule has 1 atom stereocenters. The van der Waals surface area contributed by atoms with Gasteiger partial charge in [0.05, 0.1) is 4.90 Å². The first kappa shape index (κ1) is 18.9. The highest BCUT2D eigenvalue weighted by atomic mass is 127. The highest BCUT2D eigenvalue weighted by molar-refractivity contribution is 14.1. The maximum atomic E-state index is 12.5. The van der Waals surface area contributed by atoms with Gasteiger partial charge in [-0.25, -0.2) is 8.42 Å². The summed E-state index contributed by atoms with van der Waals surface area (Å²) in [5, 5.41) is 2.77. The van der Waals surface area contributed by atoms with Gasteiger partial charge in [0.1, 0.15) is 6.04 Å². The van der Waals surface area contributed by atoms with Crippen LogP contribution in [0.25, 0.3) is 0 Å². The van der Waals surface area contributed by atoms with Crippen LogP contribution in [0.2, 0.25) is 0 Å². The van der Waals surface area contributed by atoms with Gasteiger partial charge in [0, 0.05) is 9.26 Å². The summed E-state index contributed by atoms with van der Waals surface area (Å²) in [6.07, 6.45) is 0. The van der Waals surface area contributed by atoms with E-state index < -0.39 is 16.1 Å². The molecule has 2 rings (SSSR count). The number of carbonyl (C=O) groups is 1. The lowest BCUT2D eigenvalue weighted by atomic mass is 10.0. The average Bonchev–Trinajstić information content (AvgIpc) is 2.53. The Morgan fingerprint density at radius 2 is 1.71 bits per heavy atom. The Balaban J connectivity index is 2.19. The van der Waals surface area contributed by atoms with Crippen LogP contribution in [-0.2, 0) is 14.8 Å². The second-order valence-electron chi connectivity index (χ2n) is 5.66. The predicted octanol–water partition coefficient (Wildman–Crippen LogP) is 3.23. The quantitative estimate of drug-likeness (QED) is 0.653. The summed E-state index contributed by atoms with van der Waals surface area (Å²) in [6, 6.07) is 14.5. The highest BCUT2D eigenvalue weighted by Crippen LogP contribution is 2.16. The molecule has 7 heteroatoms. The van der Waals surface area contributed by atoms with Crippen molar-refractivity contribution in [3.05, 3.63) is 58.2 Å². The lowest BCUT2D eigenvalue weighted by molar-refractivity contribution is -0.118. The van der Waals surface area contributed by atoms with Gasteiger partial charge in [-0.3, -0.25) is 4.79 Å². The lowest BCUT2D eigenvalue weighted by Gasteiger charge is -2.21. The first-order chi connectivity index (χ1) is 11.3. The molecular weight excluding hydrogens is 439 g/mol. The zero-order valence-electron chi connectivity index (χ0n) is 13.4. The molecule has 0 radical (unpaired) electrons. The van der Waals surface area contributed by atoms with Crippen molar-refractivity contribution in [1.29, 1.82) is 0 Å². The van der Waals surface area contributed by atoms with Crippen molar-refractivity contribution in [2.45, 2.75) is 24.8 Å². The summed E-state index contributed by atoms with van der Waals surface area (Å²) >= 11 is 2.15. The average molecular weight is 458 g/mol. The number of nitrogens with one attached hydrogen (secondary N) is 2. The van der Waals surface area contributed by atoms with E-state index in [1.165, 1.54) is 12.1 Å². The van der Waals surface area contributed by atoms with E-state index in [1.807, 2.05) is 18.2 Å². The van der Waals surface area contributed by atoms with Crippen LogP contribution in [0.15, 0.2) is 59.5 Å². The lowest BCUT2D eigenvalue weighted by Crippen LogP contribution is -2.47. The van der Waals surface area contributed by atoms with Crippen molar-refractivity contribution in [2.24, 2.45) is 5.92 Å². The number of halogens is 1. The number of benzene rings is 2. The second kappa shape index (κ2) is 8.09. The molecule has 24 heavy (non-hydrogen) atoms. The molecule has 0 spiro atoms. The molecule has 2 aromatic rings. The molecule has 0 aliphatic heterocycles. The van der Waals surface area contributed by atoms with E-state index in [0.717, 1.165) is 3.57 Å². The number of sulfonamides is 1. The third kappa shape index (κ3) is 5.02. The molecule has 0 aromatic heterocycles. The van der Waals surface area contributed by atoms with Crippen LogP contribution < -0.4 is 10.0 Å². The van der Waals surface area contributed by atoms with Gasteiger partial charge in [0.25, 0.3) is 0 Å². The van der Waals surface area contributed by atoms with Gasteiger partial charge in [0.15, 0.2) is 0 Å². The number of amides is 1. The summed E-state index contributed by atoms with van der Waals surface area (Å²) in [6.45, 7) is 3.60. The summed E-state index contributed by atoms with van der Waals surface area (Å²) in [4.78, 5) is 12.7. The molecule has 0 saturated heterocycles. The normalized spacial score (nSPS) is 12.8. The van der Waals surface area contributed by atoms with Gasteiger partial charge in [0.2, 0.25) is 15.9 Å². The fourth-order valence-electron chi connectivity index (χ4n) is 2.11. The standard InChI is InChI=1S/C17H19IN2O3S/c1-12(2)16(17(21)19-14-8-6-7-13(18)11-14)20-24(22,23)15-9-4-3-5-10-15/h3-12,16,20H,1-2H3,(H,19,21)/t16-/m1/s1. The van der Waals surface area contributed by atoms with Crippen LogP contribution in [-0.4, -0.2) is 20.4 Å². The van der Waals surface area contributed by atoms with Crippen molar-refractivity contribution >= 4 is 44.2 Å². The largest absolute Gasteiger partial charge is 0.325 e. The van der Waals surface area contributed by atoms with Crippen molar-refractivity contribution in [1.82, 2.24) is 4.72 Å². The Labute approximate surface area is 156 Å². The van der Waals surface area contributed by atoms with Crippen LogP contribution in [0.3, 0.4) is 0 Å². The molecular formula is C17H19IN2O3S. The van der Waals surface area contributed by atoms with Gasteiger partial charge in [-0.15, -0.1) is 0 Å². The van der Waals surface area contributed by atoms with Crippen LogP contribution >= 0.6 is 22.6 Å². The van der Waals surface area contributed by atoms with Crippen LogP contribution in [0.4, 0.5) is 5.69 Å². The van der Waals surface area contributed by atoms with Crippen LogP contribution in [0, 0.1) is 9.49 Å². The minimum Gasteiger partial charge on any atom is -0.325 e. The zero-order chi connectivity index (χ0) is 17.7. The minimum atomic E-state index is -3.76. The molecule has 0 aliphatic carbocycles. The highest BCUT2D eigenvalue weighted by Gasteiger charge is 2.28. The number of carbonyl (C=O) groups excluding carboxylic acids is 1. The molecule has 0 saturated carbocycles. The fourth-order valence-corrected chi connectivity index (χ4v) is 4.02. The number of rotatable bonds is 6. The maximum absolute atomic E-state index is 12.5. The molecule has 0 bridgehead atoms. The van der Waals surface area contributed by atoms with E-state index in [-0.39, 0.29) is 16.7 Å². The molecule has 2 N–H and O–H groups in total. The van der Waals surface area contributed by atoms with E-state index >= 15 is 0 Å². The number of hydrogen-bond acceptors (Lipinski definition) is 3. The molecule has 1 amide bonds. The van der Waals surface area contributed by atoms with Gasteiger partial charge in [-0.1, -0.05) is 38.1 Å².